The van der Waals surface area contributed by atoms with Crippen LogP contribution in [0.2, 0.25) is 10.0 Å². The largest absolute Gasteiger partial charge is 0.497 e. The molecule has 8 heteroatoms. The molecule has 1 fully saturated rings. The van der Waals surface area contributed by atoms with Crippen LogP contribution in [0.25, 0.3) is 0 Å². The highest BCUT2D eigenvalue weighted by molar-refractivity contribution is 7.80. The second-order valence-electron chi connectivity index (χ2n) is 6.53. The SMILES string of the molecule is COc1cc(NC(=S)N2CCN(Cc3ccc(Cl)cc3Cl)CC2)cc(OC)c1. The Morgan fingerprint density at radius 1 is 1.00 bits per heavy atom. The Morgan fingerprint density at radius 3 is 2.21 bits per heavy atom. The second-order valence-corrected chi connectivity index (χ2v) is 7.76. The van der Waals surface area contributed by atoms with Crippen molar-refractivity contribution in [1.29, 1.82) is 0 Å². The van der Waals surface area contributed by atoms with Crippen molar-refractivity contribution < 1.29 is 9.47 Å². The van der Waals surface area contributed by atoms with Crippen molar-refractivity contribution in [3.63, 3.8) is 0 Å². The third-order valence-electron chi connectivity index (χ3n) is 4.67. The smallest absolute Gasteiger partial charge is 0.173 e. The zero-order valence-corrected chi connectivity index (χ0v) is 18.2. The van der Waals surface area contributed by atoms with Gasteiger partial charge in [-0.25, -0.2) is 0 Å². The molecule has 0 saturated carbocycles. The van der Waals surface area contributed by atoms with Gasteiger partial charge in [-0.3, -0.25) is 4.90 Å². The number of thiocarbonyl (C=S) groups is 1. The van der Waals surface area contributed by atoms with Crippen molar-refractivity contribution in [2.24, 2.45) is 0 Å². The molecule has 1 aliphatic rings. The Balaban J connectivity index is 1.55. The lowest BCUT2D eigenvalue weighted by molar-refractivity contribution is 0.177. The molecular weight excluding hydrogens is 417 g/mol. The molecule has 0 bridgehead atoms. The minimum Gasteiger partial charge on any atom is -0.497 e. The Bertz CT molecular complexity index is 820. The monoisotopic (exact) mass is 439 g/mol. The second kappa shape index (κ2) is 9.65. The molecule has 1 saturated heterocycles. The van der Waals surface area contributed by atoms with Crippen LogP contribution in [0, 0.1) is 0 Å². The molecule has 0 aromatic heterocycles. The molecule has 3 rings (SSSR count). The number of anilines is 1. The molecule has 1 aliphatic heterocycles. The van der Waals surface area contributed by atoms with Gasteiger partial charge < -0.3 is 19.7 Å². The normalized spacial score (nSPS) is 14.6. The highest BCUT2D eigenvalue weighted by atomic mass is 35.5. The molecule has 0 unspecified atom stereocenters. The van der Waals surface area contributed by atoms with Gasteiger partial charge in [-0.15, -0.1) is 0 Å². The van der Waals surface area contributed by atoms with E-state index in [-0.39, 0.29) is 0 Å². The van der Waals surface area contributed by atoms with Crippen molar-refractivity contribution in [3.8, 4) is 11.5 Å². The van der Waals surface area contributed by atoms with Crippen LogP contribution in [-0.4, -0.2) is 55.3 Å². The van der Waals surface area contributed by atoms with Gasteiger partial charge in [-0.1, -0.05) is 29.3 Å². The molecular formula is C20H23Cl2N3O2S. The molecule has 1 heterocycles. The van der Waals surface area contributed by atoms with E-state index in [0.717, 1.165) is 44.0 Å². The highest BCUT2D eigenvalue weighted by Gasteiger charge is 2.20. The fourth-order valence-corrected chi connectivity index (χ4v) is 3.85. The molecule has 0 amide bonds. The summed E-state index contributed by atoms with van der Waals surface area (Å²) < 4.78 is 10.6. The number of hydrogen-bond donors (Lipinski definition) is 1. The molecule has 1 N–H and O–H groups in total. The summed E-state index contributed by atoms with van der Waals surface area (Å²) in [5, 5.41) is 5.34. The summed E-state index contributed by atoms with van der Waals surface area (Å²) in [6.45, 7) is 4.30. The molecule has 28 heavy (non-hydrogen) atoms. The number of piperazine rings is 1. The quantitative estimate of drug-likeness (QED) is 0.689. The van der Waals surface area contributed by atoms with E-state index in [1.807, 2.05) is 30.3 Å². The Hall–Kier alpha value is -1.73. The topological polar surface area (TPSA) is 37.0 Å². The van der Waals surface area contributed by atoms with Crippen LogP contribution < -0.4 is 14.8 Å². The average Bonchev–Trinajstić information content (AvgIpc) is 2.70. The summed E-state index contributed by atoms with van der Waals surface area (Å²) in [7, 11) is 3.26. The Labute approximate surface area is 181 Å². The molecule has 0 aliphatic carbocycles. The number of methoxy groups -OCH3 is 2. The van der Waals surface area contributed by atoms with E-state index >= 15 is 0 Å². The van der Waals surface area contributed by atoms with Crippen LogP contribution in [0.15, 0.2) is 36.4 Å². The zero-order valence-electron chi connectivity index (χ0n) is 15.9. The lowest BCUT2D eigenvalue weighted by atomic mass is 10.2. The first kappa shape index (κ1) is 21.0. The molecule has 150 valence electrons. The van der Waals surface area contributed by atoms with Crippen molar-refractivity contribution >= 4 is 46.2 Å². The van der Waals surface area contributed by atoms with Crippen LogP contribution in [0.1, 0.15) is 5.56 Å². The average molecular weight is 440 g/mol. The molecule has 5 nitrogen and oxygen atoms in total. The molecule has 2 aromatic rings. The lowest BCUT2D eigenvalue weighted by Crippen LogP contribution is -2.49. The van der Waals surface area contributed by atoms with Gasteiger partial charge in [-0.05, 0) is 29.9 Å². The van der Waals surface area contributed by atoms with Gasteiger partial charge >= 0.3 is 0 Å². The molecule has 0 atom stereocenters. The summed E-state index contributed by atoms with van der Waals surface area (Å²) in [5.74, 6) is 1.43. The fourth-order valence-electron chi connectivity index (χ4n) is 3.08. The first-order valence-electron chi connectivity index (χ1n) is 8.94. The maximum absolute atomic E-state index is 6.29. The maximum Gasteiger partial charge on any atom is 0.173 e. The van der Waals surface area contributed by atoms with Crippen molar-refractivity contribution in [1.82, 2.24) is 9.80 Å². The number of rotatable bonds is 5. The van der Waals surface area contributed by atoms with Gasteiger partial charge in [0.2, 0.25) is 0 Å². The van der Waals surface area contributed by atoms with Gasteiger partial charge in [0, 0.05) is 66.7 Å². The van der Waals surface area contributed by atoms with E-state index < -0.39 is 0 Å². The predicted octanol–water partition coefficient (Wildman–Crippen LogP) is 4.53. The van der Waals surface area contributed by atoms with Crippen LogP contribution in [0.5, 0.6) is 11.5 Å². The van der Waals surface area contributed by atoms with E-state index in [4.69, 9.17) is 44.9 Å². The number of halogens is 2. The summed E-state index contributed by atoms with van der Waals surface area (Å²) in [6, 6.07) is 11.3. The summed E-state index contributed by atoms with van der Waals surface area (Å²) in [6.07, 6.45) is 0. The van der Waals surface area contributed by atoms with Crippen LogP contribution in [0.3, 0.4) is 0 Å². The van der Waals surface area contributed by atoms with Gasteiger partial charge in [0.05, 0.1) is 14.2 Å². The summed E-state index contributed by atoms with van der Waals surface area (Å²) in [4.78, 5) is 4.53. The Kier molecular flexibility index (Phi) is 7.24. The standard InChI is InChI=1S/C20H23Cl2N3O2S/c1-26-17-10-16(11-18(12-17)27-2)23-20(28)25-7-5-24(6-8-25)13-14-3-4-15(21)9-19(14)22/h3-4,9-12H,5-8,13H2,1-2H3,(H,23,28). The predicted molar refractivity (Wildman–Crippen MR) is 119 cm³/mol. The third kappa shape index (κ3) is 5.41. The van der Waals surface area contributed by atoms with E-state index in [1.165, 1.54) is 0 Å². The lowest BCUT2D eigenvalue weighted by Gasteiger charge is -2.36. The van der Waals surface area contributed by atoms with Gasteiger partial charge in [0.25, 0.3) is 0 Å². The number of hydrogen-bond acceptors (Lipinski definition) is 4. The maximum atomic E-state index is 6.29. The molecule has 2 aromatic carbocycles. The molecule has 0 spiro atoms. The fraction of sp³-hybridized carbons (Fsp3) is 0.350. The van der Waals surface area contributed by atoms with Gasteiger partial charge in [0.1, 0.15) is 11.5 Å². The van der Waals surface area contributed by atoms with Crippen molar-refractivity contribution in [2.75, 3.05) is 45.7 Å². The van der Waals surface area contributed by atoms with E-state index in [9.17, 15) is 0 Å². The van der Waals surface area contributed by atoms with Gasteiger partial charge in [-0.2, -0.15) is 0 Å². The summed E-state index contributed by atoms with van der Waals surface area (Å²) in [5.41, 5.74) is 1.93. The van der Waals surface area contributed by atoms with E-state index in [0.29, 0.717) is 26.7 Å². The number of nitrogens with zero attached hydrogens (tertiary/aromatic N) is 2. The minimum absolute atomic E-state index is 0.657. The number of nitrogens with one attached hydrogen (secondary N) is 1. The van der Waals surface area contributed by atoms with Gasteiger partial charge in [0.15, 0.2) is 5.11 Å². The van der Waals surface area contributed by atoms with E-state index in [1.54, 1.807) is 20.3 Å². The van der Waals surface area contributed by atoms with Crippen molar-refractivity contribution in [2.45, 2.75) is 6.54 Å². The zero-order chi connectivity index (χ0) is 20.1. The summed E-state index contributed by atoms with van der Waals surface area (Å²) >= 11 is 17.9. The van der Waals surface area contributed by atoms with E-state index in [2.05, 4.69) is 15.1 Å². The first-order valence-corrected chi connectivity index (χ1v) is 10.1. The van der Waals surface area contributed by atoms with Crippen LogP contribution in [0.4, 0.5) is 5.69 Å². The molecule has 0 radical (unpaired) electrons. The Morgan fingerprint density at radius 2 is 1.64 bits per heavy atom. The van der Waals surface area contributed by atoms with Crippen LogP contribution >= 0.6 is 35.4 Å². The highest BCUT2D eigenvalue weighted by Crippen LogP contribution is 2.26. The minimum atomic E-state index is 0.657. The number of benzene rings is 2. The van der Waals surface area contributed by atoms with Crippen LogP contribution in [-0.2, 0) is 6.54 Å². The third-order valence-corrected chi connectivity index (χ3v) is 5.62. The number of ether oxygens (including phenoxy) is 2. The first-order chi connectivity index (χ1) is 13.5. The van der Waals surface area contributed by atoms with Crippen molar-refractivity contribution in [3.05, 3.63) is 52.0 Å².